The molecule has 13 nitrogen and oxygen atoms in total. The van der Waals surface area contributed by atoms with Gasteiger partial charge in [0.25, 0.3) is 0 Å². The van der Waals surface area contributed by atoms with Crippen molar-refractivity contribution in [2.75, 3.05) is 6.54 Å². The highest BCUT2D eigenvalue weighted by Gasteiger charge is 2.29. The summed E-state index contributed by atoms with van der Waals surface area (Å²) in [6, 6.07) is 6.07. The number of guanidine groups is 1. The van der Waals surface area contributed by atoms with Crippen molar-refractivity contribution in [1.29, 1.82) is 0 Å². The Kier molecular flexibility index (Phi) is 10.9. The molecule has 0 aliphatic rings. The lowest BCUT2D eigenvalue weighted by Gasteiger charge is -2.24. The first-order chi connectivity index (χ1) is 17.2. The van der Waals surface area contributed by atoms with Gasteiger partial charge in [-0.3, -0.25) is 24.2 Å². The highest BCUT2D eigenvalue weighted by atomic mass is 16.2. The number of H-pyrrole nitrogens is 1. The standard InChI is InChI=1S/C23H33N9O4/c1-14(33)30-19(11-16-12-27-13-29-16)22(36)32-18(10-15-6-3-2-4-7-15)21(35)31-17(20(24)34)8-5-9-28-23(25)26/h2-4,6-7,12-13,17-19H,5,8-11H2,1H3,(H2,24,34)(H,27,29)(H,30,33)(H,31,35)(H,32,36)(H4,25,26,28)/t17-,18-,19-/m0/s1. The molecule has 2 aromatic rings. The Morgan fingerprint density at radius 3 is 2.14 bits per heavy atom. The monoisotopic (exact) mass is 499 g/mol. The van der Waals surface area contributed by atoms with Crippen molar-refractivity contribution in [1.82, 2.24) is 25.9 Å². The van der Waals surface area contributed by atoms with Gasteiger partial charge in [0.1, 0.15) is 18.1 Å². The number of imidazole rings is 1. The maximum atomic E-state index is 13.2. The van der Waals surface area contributed by atoms with E-state index in [4.69, 9.17) is 17.2 Å². The van der Waals surface area contributed by atoms with Gasteiger partial charge in [-0.15, -0.1) is 0 Å². The first-order valence-electron chi connectivity index (χ1n) is 11.4. The van der Waals surface area contributed by atoms with Crippen LogP contribution in [-0.2, 0) is 32.0 Å². The second-order valence-electron chi connectivity index (χ2n) is 8.20. The molecule has 0 saturated carbocycles. The van der Waals surface area contributed by atoms with E-state index in [0.717, 1.165) is 5.56 Å². The van der Waals surface area contributed by atoms with Gasteiger partial charge in [-0.2, -0.15) is 0 Å². The van der Waals surface area contributed by atoms with Gasteiger partial charge in [0.2, 0.25) is 23.6 Å². The summed E-state index contributed by atoms with van der Waals surface area (Å²) in [7, 11) is 0. The number of nitrogens with zero attached hydrogens (tertiary/aromatic N) is 2. The number of hydrogen-bond acceptors (Lipinski definition) is 6. The Hall–Kier alpha value is -4.42. The lowest BCUT2D eigenvalue weighted by Crippen LogP contribution is -2.57. The van der Waals surface area contributed by atoms with Crippen LogP contribution in [0.3, 0.4) is 0 Å². The number of aromatic nitrogens is 2. The summed E-state index contributed by atoms with van der Waals surface area (Å²) >= 11 is 0. The van der Waals surface area contributed by atoms with Crippen LogP contribution in [-0.4, -0.2) is 64.2 Å². The molecule has 1 aromatic carbocycles. The number of aromatic amines is 1. The van der Waals surface area contributed by atoms with Crippen molar-refractivity contribution in [3.8, 4) is 0 Å². The summed E-state index contributed by atoms with van der Waals surface area (Å²) < 4.78 is 0. The highest BCUT2D eigenvalue weighted by molar-refractivity contribution is 5.94. The Morgan fingerprint density at radius 2 is 1.58 bits per heavy atom. The van der Waals surface area contributed by atoms with Crippen molar-refractivity contribution in [3.63, 3.8) is 0 Å². The van der Waals surface area contributed by atoms with Crippen molar-refractivity contribution in [3.05, 3.63) is 54.1 Å². The number of aliphatic imine (C=N–C) groups is 1. The number of carbonyl (C=O) groups excluding carboxylic acids is 4. The molecule has 194 valence electrons. The molecule has 0 saturated heterocycles. The van der Waals surface area contributed by atoms with E-state index >= 15 is 0 Å². The Labute approximate surface area is 208 Å². The maximum Gasteiger partial charge on any atom is 0.243 e. The molecule has 0 bridgehead atoms. The molecule has 36 heavy (non-hydrogen) atoms. The van der Waals surface area contributed by atoms with E-state index < -0.39 is 41.8 Å². The molecule has 3 atom stereocenters. The Bertz CT molecular complexity index is 1040. The molecule has 4 amide bonds. The molecule has 1 heterocycles. The van der Waals surface area contributed by atoms with E-state index in [1.807, 2.05) is 18.2 Å². The predicted octanol–water partition coefficient (Wildman–Crippen LogP) is -1.79. The maximum absolute atomic E-state index is 13.2. The Balaban J connectivity index is 2.17. The van der Waals surface area contributed by atoms with Gasteiger partial charge in [-0.25, -0.2) is 4.98 Å². The quantitative estimate of drug-likeness (QED) is 0.0896. The fourth-order valence-electron chi connectivity index (χ4n) is 3.46. The van der Waals surface area contributed by atoms with Crippen LogP contribution in [0.15, 0.2) is 47.8 Å². The third kappa shape index (κ3) is 9.83. The van der Waals surface area contributed by atoms with Gasteiger partial charge in [0.15, 0.2) is 5.96 Å². The van der Waals surface area contributed by atoms with Gasteiger partial charge >= 0.3 is 0 Å². The zero-order chi connectivity index (χ0) is 26.5. The highest BCUT2D eigenvalue weighted by Crippen LogP contribution is 2.07. The minimum absolute atomic E-state index is 0.0795. The summed E-state index contributed by atoms with van der Waals surface area (Å²) in [5.41, 5.74) is 17.5. The summed E-state index contributed by atoms with van der Waals surface area (Å²) in [5.74, 6) is -2.38. The number of hydrogen-bond donors (Lipinski definition) is 7. The number of nitrogens with one attached hydrogen (secondary N) is 4. The van der Waals surface area contributed by atoms with Gasteiger partial charge in [-0.05, 0) is 18.4 Å². The Morgan fingerprint density at radius 1 is 0.944 bits per heavy atom. The average molecular weight is 500 g/mol. The zero-order valence-corrected chi connectivity index (χ0v) is 20.1. The molecule has 1 aromatic heterocycles. The average Bonchev–Trinajstić information content (AvgIpc) is 3.33. The zero-order valence-electron chi connectivity index (χ0n) is 20.1. The number of primary amides is 1. The second kappa shape index (κ2) is 14.1. The molecule has 0 aliphatic carbocycles. The largest absolute Gasteiger partial charge is 0.370 e. The summed E-state index contributed by atoms with van der Waals surface area (Å²) in [6.07, 6.45) is 3.89. The molecule has 2 rings (SSSR count). The van der Waals surface area contributed by atoms with Crippen molar-refractivity contribution in [2.45, 2.75) is 50.7 Å². The van der Waals surface area contributed by atoms with E-state index in [1.54, 1.807) is 12.1 Å². The van der Waals surface area contributed by atoms with E-state index in [-0.39, 0.29) is 31.8 Å². The van der Waals surface area contributed by atoms with Crippen LogP contribution in [0.1, 0.15) is 31.0 Å². The second-order valence-corrected chi connectivity index (χ2v) is 8.20. The van der Waals surface area contributed by atoms with E-state index in [0.29, 0.717) is 12.1 Å². The third-order valence-corrected chi connectivity index (χ3v) is 5.19. The molecular formula is C23H33N9O4. The third-order valence-electron chi connectivity index (χ3n) is 5.19. The SMILES string of the molecule is CC(=O)N[C@@H](Cc1cnc[nH]1)C(=O)N[C@@H](Cc1ccccc1)C(=O)N[C@@H](CCCN=C(N)N)C(N)=O. The lowest BCUT2D eigenvalue weighted by molar-refractivity contribution is -0.133. The number of carbonyl (C=O) groups is 4. The fraction of sp³-hybridized carbons (Fsp3) is 0.391. The van der Waals surface area contributed by atoms with Crippen LogP contribution in [0.25, 0.3) is 0 Å². The molecule has 10 N–H and O–H groups in total. The van der Waals surface area contributed by atoms with E-state index in [9.17, 15) is 19.2 Å². The molecule has 0 fully saturated rings. The van der Waals surface area contributed by atoms with Crippen molar-refractivity contribution < 1.29 is 19.2 Å². The number of rotatable bonds is 14. The molecule has 0 unspecified atom stereocenters. The summed E-state index contributed by atoms with van der Waals surface area (Å²) in [5, 5.41) is 7.91. The number of amides is 4. The van der Waals surface area contributed by atoms with Gasteiger partial charge in [-0.1, -0.05) is 30.3 Å². The fourth-order valence-corrected chi connectivity index (χ4v) is 3.46. The van der Waals surface area contributed by atoms with E-state index in [2.05, 4.69) is 30.9 Å². The molecule has 13 heteroatoms. The van der Waals surface area contributed by atoms with Gasteiger partial charge in [0.05, 0.1) is 6.33 Å². The minimum atomic E-state index is -1.04. The van der Waals surface area contributed by atoms with Gasteiger partial charge in [0, 0.05) is 38.2 Å². The summed E-state index contributed by atoms with van der Waals surface area (Å²) in [6.45, 7) is 1.55. The first-order valence-corrected chi connectivity index (χ1v) is 11.4. The molecule has 0 radical (unpaired) electrons. The molecule has 0 aliphatic heterocycles. The minimum Gasteiger partial charge on any atom is -0.370 e. The van der Waals surface area contributed by atoms with E-state index in [1.165, 1.54) is 19.4 Å². The van der Waals surface area contributed by atoms with Crippen LogP contribution in [0.5, 0.6) is 0 Å². The predicted molar refractivity (Wildman–Crippen MR) is 133 cm³/mol. The summed E-state index contributed by atoms with van der Waals surface area (Å²) in [4.78, 5) is 60.6. The lowest BCUT2D eigenvalue weighted by atomic mass is 10.0. The number of nitrogens with two attached hydrogens (primary N) is 3. The van der Waals surface area contributed by atoms with Crippen LogP contribution < -0.4 is 33.2 Å². The molecular weight excluding hydrogens is 466 g/mol. The topological polar surface area (TPSA) is 223 Å². The van der Waals surface area contributed by atoms with Crippen LogP contribution in [0, 0.1) is 0 Å². The first kappa shape index (κ1) is 27.8. The smallest absolute Gasteiger partial charge is 0.243 e. The number of benzene rings is 1. The van der Waals surface area contributed by atoms with Crippen LogP contribution in [0.4, 0.5) is 0 Å². The van der Waals surface area contributed by atoms with Crippen LogP contribution in [0.2, 0.25) is 0 Å². The molecule has 0 spiro atoms. The van der Waals surface area contributed by atoms with Crippen LogP contribution >= 0.6 is 0 Å². The van der Waals surface area contributed by atoms with Gasteiger partial charge < -0.3 is 38.1 Å². The van der Waals surface area contributed by atoms with Crippen molar-refractivity contribution >= 4 is 29.6 Å². The normalized spacial score (nSPS) is 13.0. The van der Waals surface area contributed by atoms with Crippen molar-refractivity contribution in [2.24, 2.45) is 22.2 Å².